The van der Waals surface area contributed by atoms with Crippen LogP contribution in [0.25, 0.3) is 0 Å². The first-order chi connectivity index (χ1) is 10.6. The van der Waals surface area contributed by atoms with E-state index < -0.39 is 5.97 Å². The van der Waals surface area contributed by atoms with Crippen LogP contribution in [-0.4, -0.2) is 21.2 Å². The fourth-order valence-electron chi connectivity index (χ4n) is 2.76. The average Bonchev–Trinajstić information content (AvgIpc) is 2.46. The van der Waals surface area contributed by atoms with Gasteiger partial charge in [-0.2, -0.15) is 0 Å². The summed E-state index contributed by atoms with van der Waals surface area (Å²) in [6.07, 6.45) is 16.0. The van der Waals surface area contributed by atoms with E-state index in [4.69, 9.17) is 17.3 Å². The predicted octanol–water partition coefficient (Wildman–Crippen LogP) is 6.05. The van der Waals surface area contributed by atoms with Crippen molar-refractivity contribution < 1.29 is 15.0 Å². The highest BCUT2D eigenvalue weighted by molar-refractivity contribution is 7.80. The predicted molar refractivity (Wildman–Crippen MR) is 96.7 cm³/mol. The zero-order valence-electron chi connectivity index (χ0n) is 14.2. The van der Waals surface area contributed by atoms with Gasteiger partial charge >= 0.3 is 5.97 Å². The van der Waals surface area contributed by atoms with Crippen molar-refractivity contribution in [2.75, 3.05) is 0 Å². The number of hydrogen-bond donors (Lipinski definition) is 2. The molecule has 0 radical (unpaired) electrons. The van der Waals surface area contributed by atoms with E-state index >= 15 is 0 Å². The molecule has 22 heavy (non-hydrogen) atoms. The Morgan fingerprint density at radius 3 is 1.59 bits per heavy atom. The molecule has 0 aromatic heterocycles. The Kier molecular flexibility index (Phi) is 14.8. The largest absolute Gasteiger partial charge is 0.502 e. The molecule has 0 aromatic carbocycles. The number of unbranched alkanes of at least 4 members (excludes halogenated alkanes) is 11. The van der Waals surface area contributed by atoms with Crippen molar-refractivity contribution in [2.45, 2.75) is 96.8 Å². The third-order valence-corrected chi connectivity index (χ3v) is 4.51. The maximum Gasteiger partial charge on any atom is 0.304 e. The van der Waals surface area contributed by atoms with Gasteiger partial charge in [0.25, 0.3) is 0 Å². The lowest BCUT2D eigenvalue weighted by Crippen LogP contribution is -2.16. The molecule has 3 nitrogen and oxygen atoms in total. The Hall–Kier alpha value is -0.640. The Bertz CT molecular complexity index is 292. The van der Waals surface area contributed by atoms with Crippen LogP contribution < -0.4 is 0 Å². The molecule has 0 heterocycles. The second-order valence-corrected chi connectivity index (χ2v) is 6.73. The first kappa shape index (κ1) is 21.4. The monoisotopic (exact) mass is 330 g/mol. The van der Waals surface area contributed by atoms with Crippen molar-refractivity contribution >= 4 is 23.2 Å². The molecule has 0 fully saturated rings. The minimum atomic E-state index is -0.889. The molecule has 0 aliphatic carbocycles. The summed E-state index contributed by atoms with van der Waals surface area (Å²) >= 11 is 4.71. The summed E-state index contributed by atoms with van der Waals surface area (Å²) in [7, 11) is 0. The van der Waals surface area contributed by atoms with E-state index in [0.717, 1.165) is 12.8 Å². The second kappa shape index (κ2) is 15.3. The summed E-state index contributed by atoms with van der Waals surface area (Å²) in [5.41, 5.74) is 0. The number of aliphatic hydroxyl groups excluding tert-OH is 1. The lowest BCUT2D eigenvalue weighted by atomic mass is 9.97. The van der Waals surface area contributed by atoms with Crippen LogP contribution in [0.15, 0.2) is 0 Å². The van der Waals surface area contributed by atoms with Crippen LogP contribution >= 0.6 is 12.2 Å². The molecule has 0 saturated heterocycles. The average molecular weight is 331 g/mol. The fraction of sp³-hybridized carbons (Fsp3) is 0.889. The Balaban J connectivity index is 3.35. The zero-order valence-corrected chi connectivity index (χ0v) is 15.0. The van der Waals surface area contributed by atoms with Gasteiger partial charge in [0.2, 0.25) is 0 Å². The summed E-state index contributed by atoms with van der Waals surface area (Å²) in [5.74, 6) is -1.24. The first-order valence-corrected chi connectivity index (χ1v) is 9.43. The Morgan fingerprint density at radius 2 is 1.23 bits per heavy atom. The van der Waals surface area contributed by atoms with E-state index in [0.29, 0.717) is 6.42 Å². The van der Waals surface area contributed by atoms with Crippen molar-refractivity contribution in [2.24, 2.45) is 5.92 Å². The quantitative estimate of drug-likeness (QED) is 0.267. The van der Waals surface area contributed by atoms with Crippen molar-refractivity contribution in [3.05, 3.63) is 0 Å². The van der Waals surface area contributed by atoms with Crippen LogP contribution in [0.4, 0.5) is 0 Å². The van der Waals surface area contributed by atoms with Gasteiger partial charge in [-0.05, 0) is 18.6 Å². The Morgan fingerprint density at radius 1 is 0.818 bits per heavy atom. The molecule has 0 saturated carbocycles. The molecule has 0 bridgehead atoms. The lowest BCUT2D eigenvalue weighted by molar-refractivity contribution is -0.137. The SMILES string of the molecule is CCCCCCCCCCCCCCC(CC(=O)O)C(O)=S. The van der Waals surface area contributed by atoms with E-state index in [1.54, 1.807) is 0 Å². The van der Waals surface area contributed by atoms with Gasteiger partial charge in [0.1, 0.15) is 0 Å². The van der Waals surface area contributed by atoms with Crippen LogP contribution in [-0.2, 0) is 4.79 Å². The van der Waals surface area contributed by atoms with E-state index in [9.17, 15) is 9.90 Å². The van der Waals surface area contributed by atoms with Gasteiger partial charge in [0.15, 0.2) is 5.05 Å². The lowest BCUT2D eigenvalue weighted by Gasteiger charge is -2.11. The van der Waals surface area contributed by atoms with Gasteiger partial charge in [-0.1, -0.05) is 84.0 Å². The summed E-state index contributed by atoms with van der Waals surface area (Å²) in [4.78, 5) is 10.7. The maximum atomic E-state index is 10.7. The first-order valence-electron chi connectivity index (χ1n) is 9.02. The van der Waals surface area contributed by atoms with Gasteiger partial charge in [0.05, 0.1) is 6.42 Å². The third kappa shape index (κ3) is 14.3. The number of thiocarbonyl (C=S) groups is 1. The van der Waals surface area contributed by atoms with Crippen LogP contribution in [0, 0.1) is 5.92 Å². The van der Waals surface area contributed by atoms with Crippen LogP contribution in [0.3, 0.4) is 0 Å². The van der Waals surface area contributed by atoms with Crippen LogP contribution in [0.5, 0.6) is 0 Å². The standard InChI is InChI=1S/C18H34O3S/c1-2-3-4-5-6-7-8-9-10-11-12-13-14-16(18(21)22)15-17(19)20/h16H,2-15H2,1H3,(H,19,20)(H,21,22). The molecule has 2 N–H and O–H groups in total. The number of carboxylic acid groups (broad SMARTS) is 1. The molecule has 0 aliphatic heterocycles. The van der Waals surface area contributed by atoms with Gasteiger partial charge in [-0.3, -0.25) is 4.79 Å². The number of aliphatic hydroxyl groups is 1. The van der Waals surface area contributed by atoms with Crippen molar-refractivity contribution in [1.29, 1.82) is 0 Å². The zero-order chi connectivity index (χ0) is 16.6. The molecule has 0 aliphatic rings. The minimum Gasteiger partial charge on any atom is -0.502 e. The van der Waals surface area contributed by atoms with Crippen molar-refractivity contribution in [3.8, 4) is 0 Å². The number of aliphatic carboxylic acids is 1. The highest BCUT2D eigenvalue weighted by atomic mass is 32.1. The van der Waals surface area contributed by atoms with Crippen molar-refractivity contribution in [3.63, 3.8) is 0 Å². The summed E-state index contributed by atoms with van der Waals surface area (Å²) in [5, 5.41) is 17.9. The molecule has 0 rings (SSSR count). The fourth-order valence-corrected chi connectivity index (χ4v) is 2.96. The third-order valence-electron chi connectivity index (χ3n) is 4.18. The van der Waals surface area contributed by atoms with Gasteiger partial charge < -0.3 is 10.2 Å². The van der Waals surface area contributed by atoms with Crippen LogP contribution in [0.1, 0.15) is 96.8 Å². The molecule has 4 heteroatoms. The van der Waals surface area contributed by atoms with E-state index in [-0.39, 0.29) is 17.4 Å². The van der Waals surface area contributed by atoms with Gasteiger partial charge in [-0.15, -0.1) is 0 Å². The molecule has 1 atom stereocenters. The molecule has 1 unspecified atom stereocenters. The summed E-state index contributed by atoms with van der Waals surface area (Å²) in [6, 6.07) is 0. The molecule has 0 spiro atoms. The van der Waals surface area contributed by atoms with E-state index in [2.05, 4.69) is 6.92 Å². The summed E-state index contributed by atoms with van der Waals surface area (Å²) in [6.45, 7) is 2.25. The van der Waals surface area contributed by atoms with E-state index in [1.165, 1.54) is 64.2 Å². The minimum absolute atomic E-state index is 0.0482. The number of carboxylic acids is 1. The topological polar surface area (TPSA) is 57.5 Å². The normalized spacial score (nSPS) is 12.2. The maximum absolute atomic E-state index is 10.7. The molecular weight excluding hydrogens is 296 g/mol. The molecule has 130 valence electrons. The smallest absolute Gasteiger partial charge is 0.304 e. The highest BCUT2D eigenvalue weighted by Crippen LogP contribution is 2.17. The highest BCUT2D eigenvalue weighted by Gasteiger charge is 2.16. The molecule has 0 amide bonds. The number of hydrogen-bond acceptors (Lipinski definition) is 2. The Labute approximate surface area is 141 Å². The second-order valence-electron chi connectivity index (χ2n) is 6.31. The molecular formula is C18H34O3S. The number of carbonyl (C=O) groups is 1. The van der Waals surface area contributed by atoms with Crippen molar-refractivity contribution in [1.82, 2.24) is 0 Å². The number of rotatable bonds is 16. The summed E-state index contributed by atoms with van der Waals surface area (Å²) < 4.78 is 0. The van der Waals surface area contributed by atoms with Gasteiger partial charge in [-0.25, -0.2) is 0 Å². The van der Waals surface area contributed by atoms with Gasteiger partial charge in [0, 0.05) is 5.92 Å². The van der Waals surface area contributed by atoms with Crippen LogP contribution in [0.2, 0.25) is 0 Å². The van der Waals surface area contributed by atoms with E-state index in [1.807, 2.05) is 0 Å². The molecule has 0 aromatic rings.